The van der Waals surface area contributed by atoms with Crippen molar-refractivity contribution < 1.29 is 51.0 Å². The number of hydrogen-bond donors (Lipinski definition) is 0. The Balaban J connectivity index is 0.000000960. The summed E-state index contributed by atoms with van der Waals surface area (Å²) in [6, 6.07) is 15.7. The summed E-state index contributed by atoms with van der Waals surface area (Å²) >= 11 is 0. The Labute approximate surface area is 176 Å². The molecule has 0 atom stereocenters. The summed E-state index contributed by atoms with van der Waals surface area (Å²) in [7, 11) is 0. The Hall–Kier alpha value is -0.617. The minimum atomic E-state index is 0. The quantitative estimate of drug-likeness (QED) is 0.520. The van der Waals surface area contributed by atoms with Gasteiger partial charge in [0.2, 0.25) is 0 Å². The molecular formula is C21H20Cl2Zr. The van der Waals surface area contributed by atoms with E-state index in [0.29, 0.717) is 0 Å². The van der Waals surface area contributed by atoms with E-state index in [-0.39, 0.29) is 51.0 Å². The van der Waals surface area contributed by atoms with E-state index in [9.17, 15) is 0 Å². The molecule has 2 aromatic carbocycles. The number of rotatable bonds is 3. The van der Waals surface area contributed by atoms with Crippen molar-refractivity contribution in [2.75, 3.05) is 0 Å². The Morgan fingerprint density at radius 1 is 0.875 bits per heavy atom. The summed E-state index contributed by atoms with van der Waals surface area (Å²) in [5.41, 5.74) is 10.5. The first-order valence-corrected chi connectivity index (χ1v) is 7.86. The third-order valence-electron chi connectivity index (χ3n) is 4.78. The first kappa shape index (κ1) is 21.4. The minimum absolute atomic E-state index is 0. The topological polar surface area (TPSA) is 0 Å². The van der Waals surface area contributed by atoms with E-state index in [4.69, 9.17) is 0 Å². The molecule has 0 spiro atoms. The second-order valence-corrected chi connectivity index (χ2v) is 6.23. The normalized spacial score (nSPS) is 13.5. The molecule has 0 heterocycles. The van der Waals surface area contributed by atoms with E-state index in [1.807, 2.05) is 0 Å². The van der Waals surface area contributed by atoms with E-state index in [2.05, 4.69) is 61.5 Å². The molecule has 3 heteroatoms. The van der Waals surface area contributed by atoms with Gasteiger partial charge >= 0.3 is 26.2 Å². The van der Waals surface area contributed by atoms with Crippen LogP contribution < -0.4 is 24.8 Å². The molecule has 2 aliphatic rings. The van der Waals surface area contributed by atoms with Gasteiger partial charge in [-0.3, -0.25) is 0 Å². The number of benzene rings is 2. The summed E-state index contributed by atoms with van der Waals surface area (Å²) < 4.78 is 0. The van der Waals surface area contributed by atoms with Crippen molar-refractivity contribution in [3.05, 3.63) is 82.5 Å². The maximum absolute atomic E-state index is 2.36. The second-order valence-electron chi connectivity index (χ2n) is 6.23. The molecule has 0 saturated carbocycles. The SMILES string of the molecule is CC1=CCC(CCc2cccc3c2Cc2ccccc2-3)=C1.[Cl-].[Cl-].[Zr+2]. The van der Waals surface area contributed by atoms with Crippen LogP contribution in [0.3, 0.4) is 0 Å². The molecular weight excluding hydrogens is 414 g/mol. The van der Waals surface area contributed by atoms with Crippen molar-refractivity contribution >= 4 is 0 Å². The van der Waals surface area contributed by atoms with Crippen molar-refractivity contribution in [2.45, 2.75) is 32.6 Å². The van der Waals surface area contributed by atoms with Gasteiger partial charge in [0.05, 0.1) is 0 Å². The fourth-order valence-electron chi connectivity index (χ4n) is 3.66. The van der Waals surface area contributed by atoms with Gasteiger partial charge in [0.25, 0.3) is 0 Å². The van der Waals surface area contributed by atoms with Gasteiger partial charge in [-0.2, -0.15) is 0 Å². The summed E-state index contributed by atoms with van der Waals surface area (Å²) in [6.45, 7) is 2.20. The molecule has 0 N–H and O–H groups in total. The Bertz CT molecular complexity index is 775. The number of aryl methyl sites for hydroxylation is 1. The van der Waals surface area contributed by atoms with Gasteiger partial charge in [0.1, 0.15) is 0 Å². The average Bonchev–Trinajstić information content (AvgIpc) is 3.09. The molecule has 2 aromatic rings. The molecule has 122 valence electrons. The van der Waals surface area contributed by atoms with Gasteiger partial charge in [-0.1, -0.05) is 65.8 Å². The fraction of sp³-hybridized carbons (Fsp3) is 0.238. The standard InChI is InChI=1S/C21H20.2ClH.Zr/c1-15-9-10-16(13-15)11-12-17-6-4-8-20-19-7-3-2-5-18(19)14-21(17)20;;;/h2-9,13H,10-12,14H2,1H3;2*1H;/q;;;+2/p-2. The van der Waals surface area contributed by atoms with Gasteiger partial charge < -0.3 is 24.8 Å². The average molecular weight is 435 g/mol. The number of fused-ring (bicyclic) bond motifs is 3. The molecule has 0 nitrogen and oxygen atoms in total. The van der Waals surface area contributed by atoms with E-state index in [1.54, 1.807) is 11.1 Å². The van der Waals surface area contributed by atoms with Crippen LogP contribution in [0.25, 0.3) is 11.1 Å². The summed E-state index contributed by atoms with van der Waals surface area (Å²) in [4.78, 5) is 0. The van der Waals surface area contributed by atoms with Crippen LogP contribution in [-0.2, 0) is 39.0 Å². The van der Waals surface area contributed by atoms with Gasteiger partial charge in [0, 0.05) is 0 Å². The van der Waals surface area contributed by atoms with Crippen LogP contribution >= 0.6 is 0 Å². The molecule has 0 bridgehead atoms. The number of allylic oxidation sites excluding steroid dienone is 4. The fourth-order valence-corrected chi connectivity index (χ4v) is 3.66. The van der Waals surface area contributed by atoms with Crippen molar-refractivity contribution in [1.29, 1.82) is 0 Å². The zero-order valence-electron chi connectivity index (χ0n) is 13.8. The van der Waals surface area contributed by atoms with Crippen LogP contribution in [0.4, 0.5) is 0 Å². The smallest absolute Gasteiger partial charge is 1.00 e. The number of hydrogen-bond acceptors (Lipinski definition) is 0. The third-order valence-corrected chi connectivity index (χ3v) is 4.78. The minimum Gasteiger partial charge on any atom is -1.00 e. The van der Waals surface area contributed by atoms with Crippen molar-refractivity contribution in [1.82, 2.24) is 0 Å². The van der Waals surface area contributed by atoms with Crippen molar-refractivity contribution in [3.63, 3.8) is 0 Å². The van der Waals surface area contributed by atoms with Gasteiger partial charge in [-0.15, -0.1) is 0 Å². The van der Waals surface area contributed by atoms with Crippen molar-refractivity contribution in [2.24, 2.45) is 0 Å². The first-order valence-electron chi connectivity index (χ1n) is 7.86. The summed E-state index contributed by atoms with van der Waals surface area (Å²) in [5.74, 6) is 0. The second kappa shape index (κ2) is 9.18. The summed E-state index contributed by atoms with van der Waals surface area (Å²) in [6.07, 6.45) is 9.32. The third kappa shape index (κ3) is 4.13. The Kier molecular flexibility index (Phi) is 8.20. The number of halogens is 2. The van der Waals surface area contributed by atoms with Crippen LogP contribution in [0.15, 0.2) is 65.8 Å². The monoisotopic (exact) mass is 432 g/mol. The van der Waals surface area contributed by atoms with Crippen LogP contribution in [0.2, 0.25) is 0 Å². The Morgan fingerprint density at radius 3 is 2.38 bits per heavy atom. The molecule has 0 unspecified atom stereocenters. The van der Waals surface area contributed by atoms with Crippen LogP contribution in [0, 0.1) is 0 Å². The largest absolute Gasteiger partial charge is 2.00 e. The molecule has 0 saturated heterocycles. The zero-order chi connectivity index (χ0) is 14.2. The maximum atomic E-state index is 2.36. The molecule has 0 fully saturated rings. The van der Waals surface area contributed by atoms with E-state index in [1.165, 1.54) is 40.7 Å². The predicted octanol–water partition coefficient (Wildman–Crippen LogP) is -0.528. The molecule has 0 aromatic heterocycles. The zero-order valence-corrected chi connectivity index (χ0v) is 17.8. The van der Waals surface area contributed by atoms with Gasteiger partial charge in [-0.25, -0.2) is 0 Å². The molecule has 0 radical (unpaired) electrons. The van der Waals surface area contributed by atoms with Gasteiger partial charge in [0.15, 0.2) is 0 Å². The van der Waals surface area contributed by atoms with E-state index < -0.39 is 0 Å². The molecule has 0 aliphatic heterocycles. The van der Waals surface area contributed by atoms with E-state index >= 15 is 0 Å². The molecule has 24 heavy (non-hydrogen) atoms. The van der Waals surface area contributed by atoms with E-state index in [0.717, 1.165) is 12.8 Å². The predicted molar refractivity (Wildman–Crippen MR) is 89.5 cm³/mol. The van der Waals surface area contributed by atoms with Gasteiger partial charge in [-0.05, 0) is 60.4 Å². The molecule has 0 amide bonds. The van der Waals surface area contributed by atoms with Crippen molar-refractivity contribution in [3.8, 4) is 11.1 Å². The summed E-state index contributed by atoms with van der Waals surface area (Å²) in [5, 5.41) is 0. The van der Waals surface area contributed by atoms with Crippen LogP contribution in [-0.4, -0.2) is 0 Å². The van der Waals surface area contributed by atoms with Crippen LogP contribution in [0.5, 0.6) is 0 Å². The molecule has 4 rings (SSSR count). The molecule has 2 aliphatic carbocycles. The van der Waals surface area contributed by atoms with Crippen LogP contribution in [0.1, 0.15) is 36.5 Å². The Morgan fingerprint density at radius 2 is 1.62 bits per heavy atom. The maximum Gasteiger partial charge on any atom is 2.00 e. The first-order chi connectivity index (χ1) is 10.3.